The van der Waals surface area contributed by atoms with Gasteiger partial charge in [-0.3, -0.25) is 0 Å². The van der Waals surface area contributed by atoms with E-state index in [-0.39, 0.29) is 0 Å². The van der Waals surface area contributed by atoms with Crippen molar-refractivity contribution in [3.63, 3.8) is 0 Å². The molecule has 1 aliphatic rings. The van der Waals surface area contributed by atoms with E-state index in [0.717, 1.165) is 29.5 Å². The molecule has 1 saturated carbocycles. The largest absolute Gasteiger partial charge is 0.496 e. The van der Waals surface area contributed by atoms with Crippen molar-refractivity contribution in [3.05, 3.63) is 23.8 Å². The van der Waals surface area contributed by atoms with E-state index in [1.165, 1.54) is 32.1 Å². The number of rotatable bonds is 5. The first-order chi connectivity index (χ1) is 8.79. The highest BCUT2D eigenvalue weighted by Crippen LogP contribution is 2.25. The van der Waals surface area contributed by atoms with Gasteiger partial charge in [0, 0.05) is 17.9 Å². The molecule has 100 valence electrons. The van der Waals surface area contributed by atoms with E-state index >= 15 is 0 Å². The van der Waals surface area contributed by atoms with Gasteiger partial charge < -0.3 is 15.2 Å². The molecule has 0 saturated heterocycles. The van der Waals surface area contributed by atoms with Crippen molar-refractivity contribution < 1.29 is 9.47 Å². The lowest BCUT2D eigenvalue weighted by atomic mass is 9.90. The number of ether oxygens (including phenoxy) is 2. The van der Waals surface area contributed by atoms with E-state index in [1.807, 2.05) is 18.2 Å². The van der Waals surface area contributed by atoms with E-state index < -0.39 is 0 Å². The van der Waals surface area contributed by atoms with Crippen LogP contribution in [-0.4, -0.2) is 13.7 Å². The SMILES string of the molecule is COc1ccc(N)cc1COCC1CCCCC1. The van der Waals surface area contributed by atoms with E-state index in [2.05, 4.69) is 0 Å². The van der Waals surface area contributed by atoms with Crippen LogP contribution in [-0.2, 0) is 11.3 Å². The fourth-order valence-corrected chi connectivity index (χ4v) is 2.60. The monoisotopic (exact) mass is 249 g/mol. The molecule has 1 fully saturated rings. The van der Waals surface area contributed by atoms with Crippen LogP contribution in [0.5, 0.6) is 5.75 Å². The smallest absolute Gasteiger partial charge is 0.124 e. The van der Waals surface area contributed by atoms with Gasteiger partial charge in [0.15, 0.2) is 0 Å². The second kappa shape index (κ2) is 6.64. The molecular weight excluding hydrogens is 226 g/mol. The minimum atomic E-state index is 0.588. The minimum Gasteiger partial charge on any atom is -0.496 e. The Morgan fingerprint density at radius 3 is 2.72 bits per heavy atom. The number of methoxy groups -OCH3 is 1. The first kappa shape index (κ1) is 13.2. The summed E-state index contributed by atoms with van der Waals surface area (Å²) in [7, 11) is 1.68. The normalized spacial score (nSPS) is 16.7. The van der Waals surface area contributed by atoms with Crippen molar-refractivity contribution in [1.29, 1.82) is 0 Å². The fourth-order valence-electron chi connectivity index (χ4n) is 2.60. The van der Waals surface area contributed by atoms with Crippen molar-refractivity contribution in [2.24, 2.45) is 5.92 Å². The van der Waals surface area contributed by atoms with Crippen LogP contribution in [0.1, 0.15) is 37.7 Å². The zero-order valence-electron chi connectivity index (χ0n) is 11.2. The standard InChI is InChI=1S/C15H23NO2/c1-17-15-8-7-14(16)9-13(15)11-18-10-12-5-3-2-4-6-12/h7-9,12H,2-6,10-11,16H2,1H3. The maximum Gasteiger partial charge on any atom is 0.124 e. The molecule has 18 heavy (non-hydrogen) atoms. The van der Waals surface area contributed by atoms with Gasteiger partial charge in [0.1, 0.15) is 5.75 Å². The minimum absolute atomic E-state index is 0.588. The third-order valence-electron chi connectivity index (χ3n) is 3.64. The van der Waals surface area contributed by atoms with Crippen LogP contribution in [0.2, 0.25) is 0 Å². The van der Waals surface area contributed by atoms with Gasteiger partial charge in [0.05, 0.1) is 13.7 Å². The summed E-state index contributed by atoms with van der Waals surface area (Å²) >= 11 is 0. The lowest BCUT2D eigenvalue weighted by Crippen LogP contribution is -2.13. The summed E-state index contributed by atoms with van der Waals surface area (Å²) in [6.45, 7) is 1.45. The number of hydrogen-bond donors (Lipinski definition) is 1. The topological polar surface area (TPSA) is 44.5 Å². The van der Waals surface area contributed by atoms with Crippen LogP contribution < -0.4 is 10.5 Å². The molecule has 0 heterocycles. The lowest BCUT2D eigenvalue weighted by molar-refractivity contribution is 0.0728. The molecule has 0 amide bonds. The molecule has 2 N–H and O–H groups in total. The maximum atomic E-state index is 5.82. The fraction of sp³-hybridized carbons (Fsp3) is 0.600. The number of anilines is 1. The first-order valence-electron chi connectivity index (χ1n) is 6.79. The maximum absolute atomic E-state index is 5.82. The Labute approximate surface area is 109 Å². The Morgan fingerprint density at radius 2 is 2.00 bits per heavy atom. The van der Waals surface area contributed by atoms with Crippen LogP contribution >= 0.6 is 0 Å². The Balaban J connectivity index is 1.83. The Morgan fingerprint density at radius 1 is 1.22 bits per heavy atom. The summed E-state index contributed by atoms with van der Waals surface area (Å²) in [5.74, 6) is 1.60. The molecule has 0 aliphatic heterocycles. The molecule has 1 aromatic carbocycles. The zero-order chi connectivity index (χ0) is 12.8. The van der Waals surface area contributed by atoms with Crippen LogP contribution in [0.25, 0.3) is 0 Å². The van der Waals surface area contributed by atoms with Crippen molar-refractivity contribution in [1.82, 2.24) is 0 Å². The highest BCUT2D eigenvalue weighted by Gasteiger charge is 2.13. The Hall–Kier alpha value is -1.22. The van der Waals surface area contributed by atoms with Gasteiger partial charge in [-0.1, -0.05) is 19.3 Å². The molecule has 0 unspecified atom stereocenters. The van der Waals surface area contributed by atoms with Crippen molar-refractivity contribution in [2.45, 2.75) is 38.7 Å². The van der Waals surface area contributed by atoms with Gasteiger partial charge in [-0.15, -0.1) is 0 Å². The number of nitrogen functional groups attached to an aromatic ring is 1. The lowest BCUT2D eigenvalue weighted by Gasteiger charge is -2.21. The van der Waals surface area contributed by atoms with Crippen molar-refractivity contribution in [2.75, 3.05) is 19.5 Å². The molecule has 1 aromatic rings. The third kappa shape index (κ3) is 3.64. The van der Waals surface area contributed by atoms with E-state index in [0.29, 0.717) is 6.61 Å². The van der Waals surface area contributed by atoms with Gasteiger partial charge in [-0.2, -0.15) is 0 Å². The summed E-state index contributed by atoms with van der Waals surface area (Å²) in [4.78, 5) is 0. The molecule has 3 heteroatoms. The average Bonchev–Trinajstić information content (AvgIpc) is 2.40. The molecule has 2 rings (SSSR count). The molecule has 0 atom stereocenters. The second-order valence-corrected chi connectivity index (χ2v) is 5.09. The second-order valence-electron chi connectivity index (χ2n) is 5.09. The summed E-state index contributed by atoms with van der Waals surface area (Å²) < 4.78 is 11.1. The van der Waals surface area contributed by atoms with Crippen LogP contribution in [0.4, 0.5) is 5.69 Å². The van der Waals surface area contributed by atoms with E-state index in [1.54, 1.807) is 7.11 Å². The number of benzene rings is 1. The molecule has 3 nitrogen and oxygen atoms in total. The van der Waals surface area contributed by atoms with Gasteiger partial charge in [0.25, 0.3) is 0 Å². The number of nitrogens with two attached hydrogens (primary N) is 1. The molecule has 1 aliphatic carbocycles. The van der Waals surface area contributed by atoms with E-state index in [4.69, 9.17) is 15.2 Å². The molecule has 0 bridgehead atoms. The average molecular weight is 249 g/mol. The first-order valence-corrected chi connectivity index (χ1v) is 6.79. The van der Waals surface area contributed by atoms with Crippen LogP contribution in [0.15, 0.2) is 18.2 Å². The molecule has 0 spiro atoms. The van der Waals surface area contributed by atoms with Gasteiger partial charge in [-0.25, -0.2) is 0 Å². The van der Waals surface area contributed by atoms with Crippen LogP contribution in [0.3, 0.4) is 0 Å². The van der Waals surface area contributed by atoms with Crippen LogP contribution in [0, 0.1) is 5.92 Å². The Bertz CT molecular complexity index is 373. The van der Waals surface area contributed by atoms with Gasteiger partial charge in [0.2, 0.25) is 0 Å². The predicted octanol–water partition coefficient (Wildman–Crippen LogP) is 3.37. The van der Waals surface area contributed by atoms with Gasteiger partial charge in [-0.05, 0) is 37.0 Å². The van der Waals surface area contributed by atoms with Gasteiger partial charge >= 0.3 is 0 Å². The highest BCUT2D eigenvalue weighted by atomic mass is 16.5. The third-order valence-corrected chi connectivity index (χ3v) is 3.64. The van der Waals surface area contributed by atoms with Crippen molar-refractivity contribution >= 4 is 5.69 Å². The quantitative estimate of drug-likeness (QED) is 0.814. The van der Waals surface area contributed by atoms with Crippen molar-refractivity contribution in [3.8, 4) is 5.75 Å². The summed E-state index contributed by atoms with van der Waals surface area (Å²) in [5.41, 5.74) is 7.58. The highest BCUT2D eigenvalue weighted by molar-refractivity contribution is 5.47. The predicted molar refractivity (Wildman–Crippen MR) is 73.6 cm³/mol. The van der Waals surface area contributed by atoms with E-state index in [9.17, 15) is 0 Å². The zero-order valence-corrected chi connectivity index (χ0v) is 11.2. The summed E-state index contributed by atoms with van der Waals surface area (Å²) in [6.07, 6.45) is 6.73. The summed E-state index contributed by atoms with van der Waals surface area (Å²) in [5, 5.41) is 0. The Kier molecular flexibility index (Phi) is 4.88. The number of hydrogen-bond acceptors (Lipinski definition) is 3. The molecule has 0 aromatic heterocycles. The summed E-state index contributed by atoms with van der Waals surface area (Å²) in [6, 6.07) is 5.68. The molecular formula is C15H23NO2. The molecule has 0 radical (unpaired) electrons.